The maximum absolute atomic E-state index is 13.0. The van der Waals surface area contributed by atoms with E-state index in [9.17, 15) is 39.6 Å². The molecule has 0 spiro atoms. The van der Waals surface area contributed by atoms with E-state index < -0.39 is 17.2 Å². The minimum Gasteiger partial charge on any atom is -0.507 e. The quantitative estimate of drug-likeness (QED) is 0.0560. The van der Waals surface area contributed by atoms with E-state index in [1.54, 1.807) is 32.9 Å². The van der Waals surface area contributed by atoms with Crippen molar-refractivity contribution in [2.24, 2.45) is 11.8 Å². The Balaban J connectivity index is 0.000000224. The van der Waals surface area contributed by atoms with Crippen LogP contribution in [0.3, 0.4) is 0 Å². The minimum atomic E-state index is -0.662. The fourth-order valence-electron chi connectivity index (χ4n) is 6.73. The summed E-state index contributed by atoms with van der Waals surface area (Å²) in [5.74, 6) is -2.77. The third kappa shape index (κ3) is 9.07. The highest BCUT2D eigenvalue weighted by Crippen LogP contribution is 2.46. The summed E-state index contributed by atoms with van der Waals surface area (Å²) in [4.78, 5) is 50.6. The lowest BCUT2D eigenvalue weighted by atomic mass is 9.89. The maximum Gasteiger partial charge on any atom is 0.336 e. The molecule has 0 aliphatic carbocycles. The van der Waals surface area contributed by atoms with E-state index in [2.05, 4.69) is 0 Å². The number of phenols is 4. The molecule has 0 amide bonds. The van der Waals surface area contributed by atoms with Crippen molar-refractivity contribution in [3.63, 3.8) is 0 Å². The Hall–Kier alpha value is -6.68. The molecule has 1 atom stereocenters. The van der Waals surface area contributed by atoms with Crippen molar-refractivity contribution in [1.29, 1.82) is 0 Å². The van der Waals surface area contributed by atoms with Crippen molar-refractivity contribution < 1.29 is 38.8 Å². The van der Waals surface area contributed by atoms with Crippen molar-refractivity contribution in [2.75, 3.05) is 0 Å². The average Bonchev–Trinajstić information content (AvgIpc) is 3.20. The van der Waals surface area contributed by atoms with Gasteiger partial charge in [-0.1, -0.05) is 112 Å². The van der Waals surface area contributed by atoms with Gasteiger partial charge in [-0.2, -0.15) is 0 Å². The third-order valence-electron chi connectivity index (χ3n) is 10.1. The van der Waals surface area contributed by atoms with Gasteiger partial charge in [-0.25, -0.2) is 9.59 Å². The molecule has 4 N–H and O–H groups in total. The highest BCUT2D eigenvalue weighted by Gasteiger charge is 2.30. The molecule has 4 aromatic carbocycles. The molecule has 6 rings (SSSR count). The zero-order valence-electron chi connectivity index (χ0n) is 34.6. The van der Waals surface area contributed by atoms with Crippen LogP contribution in [0.4, 0.5) is 0 Å². The van der Waals surface area contributed by atoms with E-state index in [0.29, 0.717) is 34.2 Å². The molecule has 0 saturated heterocycles. The van der Waals surface area contributed by atoms with Crippen molar-refractivity contribution in [3.8, 4) is 45.3 Å². The number of phenolic OH excluding ortho intramolecular Hbond substituents is 4. The zero-order valence-corrected chi connectivity index (χ0v) is 34.6. The van der Waals surface area contributed by atoms with Gasteiger partial charge in [0.1, 0.15) is 39.7 Å². The Bertz CT molecular complexity index is 2720. The predicted molar refractivity (Wildman–Crippen MR) is 232 cm³/mol. The first-order chi connectivity index (χ1) is 28.0. The number of carbonyl (C=O) groups excluding carboxylic acids is 2. The molecule has 10 nitrogen and oxygen atoms in total. The molecule has 0 radical (unpaired) electrons. The third-order valence-corrected chi connectivity index (χ3v) is 10.1. The van der Waals surface area contributed by atoms with Gasteiger partial charge < -0.3 is 29.3 Å². The molecule has 0 aliphatic heterocycles. The Labute approximate surface area is 342 Å². The molecule has 1 unspecified atom stereocenters. The molecule has 0 fully saturated rings. The van der Waals surface area contributed by atoms with Crippen molar-refractivity contribution in [2.45, 2.75) is 74.7 Å². The Morgan fingerprint density at radius 1 is 0.593 bits per heavy atom. The number of allylic oxidation sites excluding steroid dienone is 4. The van der Waals surface area contributed by atoms with E-state index in [0.717, 1.165) is 11.1 Å². The average molecular weight is 799 g/mol. The van der Waals surface area contributed by atoms with Gasteiger partial charge in [-0.3, -0.25) is 9.59 Å². The van der Waals surface area contributed by atoms with Crippen LogP contribution in [0, 0.1) is 11.8 Å². The summed E-state index contributed by atoms with van der Waals surface area (Å²) in [6.45, 7) is 14.7. The van der Waals surface area contributed by atoms with Gasteiger partial charge in [0.05, 0.1) is 10.8 Å². The molecular formula is C49H50O10. The summed E-state index contributed by atoms with van der Waals surface area (Å²) in [7, 11) is 0. The fraction of sp³-hybridized carbons (Fsp3) is 0.265. The number of aromatic hydroxyl groups is 4. The van der Waals surface area contributed by atoms with Crippen LogP contribution in [0.25, 0.3) is 44.2 Å². The number of rotatable bonds is 11. The SMILES string of the molecule is CC(C)=CCc1c(O)c(C(=O)C(C)C)c2oc(=O)cc(-c3ccccc3)c2c1O.CCC(C)C(=O)c1c(O)c(CC=C(C)C)c2oc(=O)cc(-c3ccccc3)c2c1O. The normalized spacial score (nSPS) is 11.5. The monoisotopic (exact) mass is 798 g/mol. The van der Waals surface area contributed by atoms with Gasteiger partial charge >= 0.3 is 11.3 Å². The summed E-state index contributed by atoms with van der Waals surface area (Å²) in [5.41, 5.74) is 3.40. The van der Waals surface area contributed by atoms with Crippen LogP contribution in [-0.2, 0) is 12.8 Å². The van der Waals surface area contributed by atoms with E-state index in [1.807, 2.05) is 95.3 Å². The summed E-state index contributed by atoms with van der Waals surface area (Å²) in [6.07, 6.45) is 4.78. The molecule has 59 heavy (non-hydrogen) atoms. The first-order valence-corrected chi connectivity index (χ1v) is 19.5. The van der Waals surface area contributed by atoms with Crippen LogP contribution >= 0.6 is 0 Å². The van der Waals surface area contributed by atoms with E-state index >= 15 is 0 Å². The van der Waals surface area contributed by atoms with Crippen LogP contribution in [0.5, 0.6) is 23.0 Å². The molecule has 6 aromatic rings. The lowest BCUT2D eigenvalue weighted by molar-refractivity contribution is 0.0918. The smallest absolute Gasteiger partial charge is 0.336 e. The lowest BCUT2D eigenvalue weighted by Gasteiger charge is -2.18. The second-order valence-electron chi connectivity index (χ2n) is 15.4. The van der Waals surface area contributed by atoms with Gasteiger partial charge in [0.15, 0.2) is 17.1 Å². The molecule has 0 bridgehead atoms. The molecule has 0 saturated carbocycles. The Morgan fingerprint density at radius 2 is 1.03 bits per heavy atom. The summed E-state index contributed by atoms with van der Waals surface area (Å²) >= 11 is 0. The van der Waals surface area contributed by atoms with E-state index in [4.69, 9.17) is 8.83 Å². The highest BCUT2D eigenvalue weighted by molar-refractivity contribution is 6.14. The van der Waals surface area contributed by atoms with Gasteiger partial charge in [0.25, 0.3) is 0 Å². The first-order valence-electron chi connectivity index (χ1n) is 19.5. The number of fused-ring (bicyclic) bond motifs is 2. The van der Waals surface area contributed by atoms with Gasteiger partial charge in [-0.05, 0) is 58.1 Å². The maximum atomic E-state index is 13.0. The highest BCUT2D eigenvalue weighted by atomic mass is 16.4. The molecule has 2 aromatic heterocycles. The first kappa shape index (κ1) is 43.4. The van der Waals surface area contributed by atoms with Crippen LogP contribution < -0.4 is 11.3 Å². The number of Topliss-reactive ketones (excluding diaryl/α,β-unsaturated/α-hetero) is 2. The molecule has 306 valence electrons. The molecule has 2 heterocycles. The molecule has 0 aliphatic rings. The number of benzene rings is 4. The molecular weight excluding hydrogens is 749 g/mol. The van der Waals surface area contributed by atoms with Crippen LogP contribution in [0.2, 0.25) is 0 Å². The number of ketones is 2. The standard InChI is InChI=1S/C25H26O5.C24H24O5/c1-5-15(4)22(27)21-23(28)17(12-11-14(2)3)25-20(24(21)29)18(13-19(26)30-25)16-9-7-6-8-10-16;1-13(2)10-11-16-22(27)19-17(15-8-6-5-7-9-15)12-18(25)29-24(19)20(23(16)28)21(26)14(3)4/h6-11,13,15,28-29H,5,12H2,1-4H3;5-10,12,14,27-28H,11H2,1-4H3. The van der Waals surface area contributed by atoms with Crippen LogP contribution in [-0.4, -0.2) is 32.0 Å². The van der Waals surface area contributed by atoms with E-state index in [1.165, 1.54) is 12.1 Å². The van der Waals surface area contributed by atoms with Crippen LogP contribution in [0.1, 0.15) is 93.7 Å². The fourth-order valence-corrected chi connectivity index (χ4v) is 6.73. The number of hydrogen-bond donors (Lipinski definition) is 4. The largest absolute Gasteiger partial charge is 0.507 e. The number of carbonyl (C=O) groups is 2. The summed E-state index contributed by atoms with van der Waals surface area (Å²) < 4.78 is 10.8. The van der Waals surface area contributed by atoms with Gasteiger partial charge in [0, 0.05) is 46.2 Å². The lowest BCUT2D eigenvalue weighted by Crippen LogP contribution is -2.12. The van der Waals surface area contributed by atoms with Crippen molar-refractivity contribution >= 4 is 33.5 Å². The number of hydrogen-bond acceptors (Lipinski definition) is 10. The van der Waals surface area contributed by atoms with Crippen molar-refractivity contribution in [3.05, 3.63) is 139 Å². The van der Waals surface area contributed by atoms with Gasteiger partial charge in [0.2, 0.25) is 0 Å². The summed E-state index contributed by atoms with van der Waals surface area (Å²) in [6, 6.07) is 20.8. The Kier molecular flexibility index (Phi) is 13.5. The molecule has 10 heteroatoms. The topological polar surface area (TPSA) is 175 Å². The van der Waals surface area contributed by atoms with Gasteiger partial charge in [-0.15, -0.1) is 0 Å². The summed E-state index contributed by atoms with van der Waals surface area (Å²) in [5, 5.41) is 44.5. The van der Waals surface area contributed by atoms with Crippen LogP contribution in [0.15, 0.2) is 115 Å². The zero-order chi connectivity index (χ0) is 43.3. The van der Waals surface area contributed by atoms with E-state index in [-0.39, 0.29) is 92.0 Å². The predicted octanol–water partition coefficient (Wildman–Crippen LogP) is 10.8. The second-order valence-corrected chi connectivity index (χ2v) is 15.4. The van der Waals surface area contributed by atoms with Crippen molar-refractivity contribution in [1.82, 2.24) is 0 Å². The minimum absolute atomic E-state index is 0.0696. The second kappa shape index (κ2) is 18.3. The Morgan fingerprint density at radius 3 is 1.49 bits per heavy atom.